The number of nitrogens with one attached hydrogen (secondary N) is 1. The molecule has 0 bridgehead atoms. The molecule has 2 aromatic rings. The second kappa shape index (κ2) is 10.2. The molecule has 0 saturated carbocycles. The van der Waals surface area contributed by atoms with Crippen LogP contribution in [0.25, 0.3) is 16.2 Å². The topological polar surface area (TPSA) is 114 Å². The molecule has 0 atom stereocenters. The van der Waals surface area contributed by atoms with Gasteiger partial charge in [0.2, 0.25) is 11.8 Å². The van der Waals surface area contributed by atoms with Crippen molar-refractivity contribution in [2.75, 3.05) is 25.0 Å². The van der Waals surface area contributed by atoms with Gasteiger partial charge in [0.1, 0.15) is 0 Å². The molecule has 1 aromatic heterocycles. The molecule has 1 aliphatic rings. The Bertz CT molecular complexity index is 957. The number of carbonyl (C=O) groups is 3. The van der Waals surface area contributed by atoms with Gasteiger partial charge in [-0.15, -0.1) is 5.69 Å². The summed E-state index contributed by atoms with van der Waals surface area (Å²) in [6.07, 6.45) is 0.650. The average Bonchev–Trinajstić information content (AvgIpc) is 3.04. The molecule has 1 aliphatic heterocycles. The first kappa shape index (κ1) is 24.1. The second-order valence-electron chi connectivity index (χ2n) is 6.71. The maximum atomic E-state index is 13.3. The summed E-state index contributed by atoms with van der Waals surface area (Å²) < 4.78 is 26.5. The van der Waals surface area contributed by atoms with Crippen LogP contribution in [0, 0.1) is 0 Å². The molecule has 157 valence electrons. The van der Waals surface area contributed by atoms with Crippen molar-refractivity contribution >= 4 is 40.1 Å². The van der Waals surface area contributed by atoms with E-state index in [-0.39, 0.29) is 65.1 Å². The van der Waals surface area contributed by atoms with Gasteiger partial charge in [0.25, 0.3) is 5.92 Å². The maximum absolute atomic E-state index is 13.3. The standard InChI is InChI=1S/C19H20F2N4O4.Y/c20-19(21)7-9-25(11-19)16(27)10-23-13-6-8-22-18-12(13)2-1-3-14(18)24-15(26)4-5-17(28)29;/h1-3,6,8H,4-5,7,9-11H2,(H3,22,23,24,26,28,29);/p-1. The van der Waals surface area contributed by atoms with Crippen LogP contribution in [0.4, 0.5) is 20.2 Å². The molecule has 1 radical (unpaired) electrons. The third-order valence-corrected chi connectivity index (χ3v) is 4.50. The number of benzene rings is 1. The van der Waals surface area contributed by atoms with Crippen LogP contribution in [0.1, 0.15) is 19.3 Å². The smallest absolute Gasteiger partial charge is 0.303 e. The van der Waals surface area contributed by atoms with Gasteiger partial charge in [-0.1, -0.05) is 18.2 Å². The number of rotatable bonds is 7. The summed E-state index contributed by atoms with van der Waals surface area (Å²) in [5.74, 6) is -4.87. The molecule has 0 spiro atoms. The molecule has 3 rings (SSSR count). The van der Waals surface area contributed by atoms with E-state index >= 15 is 0 Å². The zero-order valence-electron chi connectivity index (χ0n) is 16.0. The van der Waals surface area contributed by atoms with Crippen LogP contribution in [0.5, 0.6) is 0 Å². The number of likely N-dealkylation sites (tertiary alicyclic amines) is 1. The van der Waals surface area contributed by atoms with Crippen molar-refractivity contribution < 1.29 is 61.0 Å². The number of amides is 2. The van der Waals surface area contributed by atoms with E-state index in [2.05, 4.69) is 15.6 Å². The number of anilines is 1. The van der Waals surface area contributed by atoms with Crippen LogP contribution >= 0.6 is 0 Å². The van der Waals surface area contributed by atoms with Crippen molar-refractivity contribution in [2.24, 2.45) is 0 Å². The SMILES string of the molecule is O=C(O)CCC(=O)Nc1cccc2c([N-]CC(=O)N3CCC(F)(F)C3)ccnc12.[Y]. The maximum Gasteiger partial charge on any atom is 0.303 e. The molecule has 1 aromatic carbocycles. The zero-order valence-corrected chi connectivity index (χ0v) is 18.8. The van der Waals surface area contributed by atoms with Crippen molar-refractivity contribution in [3.63, 3.8) is 0 Å². The molecule has 0 unspecified atom stereocenters. The third-order valence-electron chi connectivity index (χ3n) is 4.50. The summed E-state index contributed by atoms with van der Waals surface area (Å²) in [5, 5.41) is 16.1. The Kier molecular flexibility index (Phi) is 8.20. The van der Waals surface area contributed by atoms with Gasteiger partial charge < -0.3 is 20.6 Å². The van der Waals surface area contributed by atoms with Gasteiger partial charge in [0, 0.05) is 58.3 Å². The van der Waals surface area contributed by atoms with Crippen LogP contribution < -0.4 is 5.32 Å². The molecule has 2 N–H and O–H groups in total. The Morgan fingerprint density at radius 2 is 2.00 bits per heavy atom. The average molecular weight is 494 g/mol. The molecule has 2 amide bonds. The van der Waals surface area contributed by atoms with Gasteiger partial charge in [0.05, 0.1) is 24.2 Å². The fourth-order valence-electron chi connectivity index (χ4n) is 3.03. The number of aliphatic carboxylic acids is 1. The second-order valence-corrected chi connectivity index (χ2v) is 6.71. The number of halogens is 2. The number of carboxylic acids is 1. The first-order valence-electron chi connectivity index (χ1n) is 8.98. The summed E-state index contributed by atoms with van der Waals surface area (Å²) in [6.45, 7) is -0.861. The predicted octanol–water partition coefficient (Wildman–Crippen LogP) is 2.91. The summed E-state index contributed by atoms with van der Waals surface area (Å²) in [7, 11) is 0. The van der Waals surface area contributed by atoms with Gasteiger partial charge in [0.15, 0.2) is 0 Å². The fraction of sp³-hybridized carbons (Fsp3) is 0.368. The molecular weight excluding hydrogens is 475 g/mol. The normalized spacial score (nSPS) is 14.8. The number of hydrogen-bond donors (Lipinski definition) is 2. The van der Waals surface area contributed by atoms with E-state index in [4.69, 9.17) is 5.11 Å². The number of aromatic nitrogens is 1. The molecule has 8 nitrogen and oxygen atoms in total. The minimum atomic E-state index is -2.85. The zero-order chi connectivity index (χ0) is 21.0. The van der Waals surface area contributed by atoms with E-state index in [9.17, 15) is 23.2 Å². The first-order chi connectivity index (χ1) is 13.7. The van der Waals surface area contributed by atoms with Crippen molar-refractivity contribution in [2.45, 2.75) is 25.2 Å². The minimum Gasteiger partial charge on any atom is -0.676 e. The quantitative estimate of drug-likeness (QED) is 0.615. The van der Waals surface area contributed by atoms with Gasteiger partial charge in [-0.2, -0.15) is 0 Å². The van der Waals surface area contributed by atoms with Gasteiger partial charge in [-0.05, 0) is 18.0 Å². The van der Waals surface area contributed by atoms with Crippen LogP contribution in [0.15, 0.2) is 30.5 Å². The van der Waals surface area contributed by atoms with Gasteiger partial charge in [-0.3, -0.25) is 19.4 Å². The minimum absolute atomic E-state index is 0. The molecule has 2 heterocycles. The Morgan fingerprint density at radius 3 is 2.67 bits per heavy atom. The fourth-order valence-corrected chi connectivity index (χ4v) is 3.03. The van der Waals surface area contributed by atoms with E-state index in [0.29, 0.717) is 22.3 Å². The summed E-state index contributed by atoms with van der Waals surface area (Å²) in [5.41, 5.74) is 1.26. The van der Waals surface area contributed by atoms with E-state index in [1.54, 1.807) is 24.3 Å². The number of nitrogens with zero attached hydrogens (tertiary/aromatic N) is 3. The number of hydrogen-bond acceptors (Lipinski definition) is 4. The first-order valence-corrected chi connectivity index (χ1v) is 8.98. The molecule has 1 fully saturated rings. The van der Waals surface area contributed by atoms with E-state index in [1.165, 1.54) is 6.20 Å². The van der Waals surface area contributed by atoms with E-state index in [0.717, 1.165) is 4.90 Å². The summed E-state index contributed by atoms with van der Waals surface area (Å²) in [4.78, 5) is 40.0. The van der Waals surface area contributed by atoms with Gasteiger partial charge >= 0.3 is 5.97 Å². The third kappa shape index (κ3) is 6.15. The monoisotopic (exact) mass is 494 g/mol. The van der Waals surface area contributed by atoms with E-state index < -0.39 is 30.3 Å². The van der Waals surface area contributed by atoms with Crippen LogP contribution in [-0.4, -0.2) is 58.3 Å². The van der Waals surface area contributed by atoms with Gasteiger partial charge in [-0.25, -0.2) is 8.78 Å². The summed E-state index contributed by atoms with van der Waals surface area (Å²) in [6, 6.07) is 6.58. The number of para-hydroxylation sites is 1. The Labute approximate surface area is 196 Å². The number of carbonyl (C=O) groups excluding carboxylic acids is 2. The van der Waals surface area contributed by atoms with Crippen molar-refractivity contribution in [3.05, 3.63) is 35.8 Å². The Morgan fingerprint density at radius 1 is 1.23 bits per heavy atom. The van der Waals surface area contributed by atoms with Crippen molar-refractivity contribution in [1.82, 2.24) is 9.88 Å². The molecule has 30 heavy (non-hydrogen) atoms. The molecule has 1 saturated heterocycles. The predicted molar refractivity (Wildman–Crippen MR) is 101 cm³/mol. The molecular formula is C19H19F2N4O4Y-. The van der Waals surface area contributed by atoms with Crippen molar-refractivity contribution in [3.8, 4) is 0 Å². The molecule has 0 aliphatic carbocycles. The van der Waals surface area contributed by atoms with Crippen LogP contribution in [0.2, 0.25) is 0 Å². The summed E-state index contributed by atoms with van der Waals surface area (Å²) >= 11 is 0. The number of fused-ring (bicyclic) bond motifs is 1. The Hall–Kier alpha value is -2.20. The number of pyridine rings is 1. The largest absolute Gasteiger partial charge is 0.676 e. The van der Waals surface area contributed by atoms with Crippen molar-refractivity contribution in [1.29, 1.82) is 0 Å². The van der Waals surface area contributed by atoms with Crippen LogP contribution in [0.3, 0.4) is 0 Å². The number of alkyl halides is 2. The molecule has 11 heteroatoms. The number of carboxylic acid groups (broad SMARTS) is 1. The van der Waals surface area contributed by atoms with Crippen LogP contribution in [-0.2, 0) is 47.1 Å². The van der Waals surface area contributed by atoms with E-state index in [1.807, 2.05) is 0 Å². The Balaban J connectivity index is 0.00000320.